The summed E-state index contributed by atoms with van der Waals surface area (Å²) in [4.78, 5) is 0. The molecule has 28 heavy (non-hydrogen) atoms. The van der Waals surface area contributed by atoms with Gasteiger partial charge in [-0.1, -0.05) is 90.4 Å². The van der Waals surface area contributed by atoms with Crippen LogP contribution in [0.5, 0.6) is 0 Å². The standard InChI is InChI=1S/C28H18/c1-3-9-23(10-4-1)15-16-25-18-21-27(22-19-25)28-14-8-7-13-26(28)20-17-24-11-5-2-6-12-24/h1-14,18-19,21-22H. The van der Waals surface area contributed by atoms with Crippen LogP contribution in [0.3, 0.4) is 0 Å². The van der Waals surface area contributed by atoms with Crippen molar-refractivity contribution in [1.82, 2.24) is 0 Å². The van der Waals surface area contributed by atoms with E-state index >= 15 is 0 Å². The summed E-state index contributed by atoms with van der Waals surface area (Å²) < 4.78 is 0. The van der Waals surface area contributed by atoms with Gasteiger partial charge in [-0.05, 0) is 53.6 Å². The molecule has 0 aromatic heterocycles. The molecule has 0 unspecified atom stereocenters. The average Bonchev–Trinajstić information content (AvgIpc) is 2.78. The van der Waals surface area contributed by atoms with Crippen molar-refractivity contribution < 1.29 is 0 Å². The Balaban J connectivity index is 1.60. The number of benzene rings is 4. The molecule has 0 N–H and O–H groups in total. The highest BCUT2D eigenvalue weighted by molar-refractivity contribution is 5.72. The number of hydrogen-bond donors (Lipinski definition) is 0. The lowest BCUT2D eigenvalue weighted by molar-refractivity contribution is 1.56. The fraction of sp³-hybridized carbons (Fsp3) is 0. The quantitative estimate of drug-likeness (QED) is 0.359. The zero-order chi connectivity index (χ0) is 19.0. The van der Waals surface area contributed by atoms with Gasteiger partial charge in [-0.2, -0.15) is 0 Å². The summed E-state index contributed by atoms with van der Waals surface area (Å²) in [6, 6.07) is 36.7. The fourth-order valence-corrected chi connectivity index (χ4v) is 2.90. The minimum atomic E-state index is 1.00. The van der Waals surface area contributed by atoms with Gasteiger partial charge in [0.25, 0.3) is 0 Å². The third-order valence-electron chi connectivity index (χ3n) is 4.36. The summed E-state index contributed by atoms with van der Waals surface area (Å²) in [5, 5.41) is 0. The Labute approximate surface area is 166 Å². The maximum Gasteiger partial charge on any atom is 0.0327 e. The zero-order valence-corrected chi connectivity index (χ0v) is 15.4. The van der Waals surface area contributed by atoms with Gasteiger partial charge in [-0.3, -0.25) is 0 Å². The fourth-order valence-electron chi connectivity index (χ4n) is 2.90. The van der Waals surface area contributed by atoms with Crippen LogP contribution in [0.4, 0.5) is 0 Å². The Hall–Kier alpha value is -4.00. The highest BCUT2D eigenvalue weighted by atomic mass is 14.1. The molecule has 0 fully saturated rings. The second kappa shape index (κ2) is 8.59. The first-order valence-corrected chi connectivity index (χ1v) is 9.22. The minimum absolute atomic E-state index is 1.00. The van der Waals surface area contributed by atoms with Crippen molar-refractivity contribution >= 4 is 0 Å². The van der Waals surface area contributed by atoms with E-state index < -0.39 is 0 Å². The van der Waals surface area contributed by atoms with Gasteiger partial charge in [0.15, 0.2) is 0 Å². The summed E-state index contributed by atoms with van der Waals surface area (Å²) in [7, 11) is 0. The zero-order valence-electron chi connectivity index (χ0n) is 15.4. The molecule has 0 saturated carbocycles. The topological polar surface area (TPSA) is 0 Å². The Morgan fingerprint density at radius 3 is 1.43 bits per heavy atom. The van der Waals surface area contributed by atoms with Gasteiger partial charge in [-0.25, -0.2) is 0 Å². The van der Waals surface area contributed by atoms with Crippen molar-refractivity contribution in [3.05, 3.63) is 131 Å². The molecule has 0 heteroatoms. The molecule has 0 aliphatic rings. The predicted octanol–water partition coefficient (Wildman–Crippen LogP) is 6.15. The van der Waals surface area contributed by atoms with Crippen molar-refractivity contribution in [1.29, 1.82) is 0 Å². The molecular formula is C28H18. The first kappa shape index (κ1) is 17.4. The van der Waals surface area contributed by atoms with E-state index in [1.54, 1.807) is 0 Å². The largest absolute Gasteiger partial charge is 0.0622 e. The van der Waals surface area contributed by atoms with Crippen molar-refractivity contribution in [2.75, 3.05) is 0 Å². The SMILES string of the molecule is C(#Cc1ccc(-c2ccccc2C#Cc2ccccc2)cc1)c1ccccc1. The molecule has 0 heterocycles. The van der Waals surface area contributed by atoms with Gasteiger partial charge in [0.05, 0.1) is 0 Å². The van der Waals surface area contributed by atoms with Crippen molar-refractivity contribution in [3.63, 3.8) is 0 Å². The molecule has 0 amide bonds. The molecule has 130 valence electrons. The maximum absolute atomic E-state index is 3.31. The van der Waals surface area contributed by atoms with Crippen LogP contribution < -0.4 is 0 Å². The molecule has 0 aliphatic heterocycles. The van der Waals surface area contributed by atoms with E-state index in [1.165, 1.54) is 0 Å². The Bertz CT molecular complexity index is 1180. The van der Waals surface area contributed by atoms with Crippen molar-refractivity contribution in [3.8, 4) is 34.8 Å². The molecular weight excluding hydrogens is 336 g/mol. The molecule has 4 aromatic carbocycles. The molecule has 0 aliphatic carbocycles. The molecule has 4 rings (SSSR count). The van der Waals surface area contributed by atoms with Gasteiger partial charge in [0.1, 0.15) is 0 Å². The van der Waals surface area contributed by atoms with Crippen LogP contribution in [-0.4, -0.2) is 0 Å². The summed E-state index contributed by atoms with van der Waals surface area (Å²) in [6.07, 6.45) is 0. The lowest BCUT2D eigenvalue weighted by Gasteiger charge is -2.05. The van der Waals surface area contributed by atoms with E-state index in [0.29, 0.717) is 0 Å². The van der Waals surface area contributed by atoms with Crippen LogP contribution in [0.15, 0.2) is 109 Å². The van der Waals surface area contributed by atoms with E-state index in [2.05, 4.69) is 60.1 Å². The third kappa shape index (κ3) is 4.39. The smallest absolute Gasteiger partial charge is 0.0327 e. The third-order valence-corrected chi connectivity index (χ3v) is 4.36. The summed E-state index contributed by atoms with van der Waals surface area (Å²) >= 11 is 0. The Morgan fingerprint density at radius 1 is 0.357 bits per heavy atom. The van der Waals surface area contributed by atoms with E-state index in [-0.39, 0.29) is 0 Å². The van der Waals surface area contributed by atoms with Gasteiger partial charge in [0.2, 0.25) is 0 Å². The normalized spacial score (nSPS) is 9.57. The summed E-state index contributed by atoms with van der Waals surface area (Å²) in [6.45, 7) is 0. The lowest BCUT2D eigenvalue weighted by atomic mass is 9.98. The number of hydrogen-bond acceptors (Lipinski definition) is 0. The van der Waals surface area contributed by atoms with Gasteiger partial charge in [0, 0.05) is 22.3 Å². The Morgan fingerprint density at radius 2 is 0.821 bits per heavy atom. The Kier molecular flexibility index (Phi) is 5.34. The van der Waals surface area contributed by atoms with Crippen molar-refractivity contribution in [2.45, 2.75) is 0 Å². The predicted molar refractivity (Wildman–Crippen MR) is 117 cm³/mol. The number of rotatable bonds is 1. The molecule has 0 spiro atoms. The highest BCUT2D eigenvalue weighted by Crippen LogP contribution is 2.23. The van der Waals surface area contributed by atoms with Gasteiger partial charge >= 0.3 is 0 Å². The maximum atomic E-state index is 3.31. The van der Waals surface area contributed by atoms with Crippen LogP contribution in [0.25, 0.3) is 11.1 Å². The van der Waals surface area contributed by atoms with Gasteiger partial charge in [-0.15, -0.1) is 0 Å². The van der Waals surface area contributed by atoms with Crippen molar-refractivity contribution in [2.24, 2.45) is 0 Å². The minimum Gasteiger partial charge on any atom is -0.0622 e. The summed E-state index contributed by atoms with van der Waals surface area (Å²) in [5.74, 6) is 13.0. The van der Waals surface area contributed by atoms with Crippen LogP contribution >= 0.6 is 0 Å². The van der Waals surface area contributed by atoms with E-state index in [4.69, 9.17) is 0 Å². The second-order valence-corrected chi connectivity index (χ2v) is 6.35. The van der Waals surface area contributed by atoms with Crippen LogP contribution in [0, 0.1) is 23.7 Å². The van der Waals surface area contributed by atoms with E-state index in [9.17, 15) is 0 Å². The van der Waals surface area contributed by atoms with Crippen LogP contribution in [0.1, 0.15) is 22.3 Å². The first-order chi connectivity index (χ1) is 13.9. The molecule has 0 saturated heterocycles. The summed E-state index contributed by atoms with van der Waals surface area (Å²) in [5.41, 5.74) is 6.34. The average molecular weight is 354 g/mol. The highest BCUT2D eigenvalue weighted by Gasteiger charge is 2.02. The molecule has 0 bridgehead atoms. The van der Waals surface area contributed by atoms with Crippen LogP contribution in [0.2, 0.25) is 0 Å². The molecule has 0 atom stereocenters. The second-order valence-electron chi connectivity index (χ2n) is 6.35. The molecule has 4 aromatic rings. The van der Waals surface area contributed by atoms with E-state index in [1.807, 2.05) is 72.8 Å². The molecule has 0 nitrogen and oxygen atoms in total. The van der Waals surface area contributed by atoms with Gasteiger partial charge < -0.3 is 0 Å². The lowest BCUT2D eigenvalue weighted by Crippen LogP contribution is -1.85. The van der Waals surface area contributed by atoms with Crippen LogP contribution in [-0.2, 0) is 0 Å². The monoisotopic (exact) mass is 354 g/mol. The molecule has 0 radical (unpaired) electrons. The first-order valence-electron chi connectivity index (χ1n) is 9.22. The van der Waals surface area contributed by atoms with E-state index in [0.717, 1.165) is 33.4 Å².